The first-order valence-electron chi connectivity index (χ1n) is 23.5. The molecule has 0 aromatic heterocycles. The van der Waals surface area contributed by atoms with Crippen LogP contribution in [0.3, 0.4) is 0 Å². The number of phosphoric ester groups is 1. The molecule has 0 aliphatic heterocycles. The summed E-state index contributed by atoms with van der Waals surface area (Å²) < 4.78 is 89.2. The van der Waals surface area contributed by atoms with E-state index in [1.807, 2.05) is 0 Å². The molecule has 0 fully saturated rings. The van der Waals surface area contributed by atoms with Crippen LogP contribution in [-0.4, -0.2) is 68.3 Å². The van der Waals surface area contributed by atoms with Crippen molar-refractivity contribution < 1.29 is 45.2 Å². The molecule has 0 aromatic carbocycles. The van der Waals surface area contributed by atoms with E-state index in [-0.39, 0.29) is 6.42 Å². The van der Waals surface area contributed by atoms with Crippen LogP contribution in [0.25, 0.3) is 0 Å². The normalized spacial score (nSPS) is 18.5. The van der Waals surface area contributed by atoms with Crippen LogP contribution in [0, 0.1) is 0 Å². The lowest BCUT2D eigenvalue weighted by atomic mass is 10.0. The second-order valence-corrected chi connectivity index (χ2v) is 14.6. The zero-order chi connectivity index (χ0) is 43.3. The number of aliphatic hydroxyl groups excluding tert-OH is 1. The van der Waals surface area contributed by atoms with E-state index in [0.29, 0.717) is 12.8 Å². The first-order valence-corrected chi connectivity index (χ1v) is 20.5. The molecular weight excluding hydrogens is 623 g/mol. The minimum Gasteiger partial charge on any atom is -0.756 e. The summed E-state index contributed by atoms with van der Waals surface area (Å²) in [6.07, 6.45) is 32.2. The van der Waals surface area contributed by atoms with E-state index in [2.05, 4.69) is 31.3 Å². The van der Waals surface area contributed by atoms with Gasteiger partial charge < -0.3 is 28.8 Å². The maximum Gasteiger partial charge on any atom is 0.268 e. The van der Waals surface area contributed by atoms with Crippen molar-refractivity contribution in [1.29, 1.82) is 0 Å². The molecule has 9 heteroatoms. The Kier molecular flexibility index (Phi) is 21.9. The van der Waals surface area contributed by atoms with Gasteiger partial charge in [-0.15, -0.1) is 0 Å². The predicted octanol–water partition coefficient (Wildman–Crippen LogP) is 9.55. The number of hydrogen-bond donors (Lipinski definition) is 2. The highest BCUT2D eigenvalue weighted by Gasteiger charge is 2.23. The van der Waals surface area contributed by atoms with Crippen molar-refractivity contribution in [2.24, 2.45) is 0 Å². The van der Waals surface area contributed by atoms with Crippen LogP contribution in [0.2, 0.25) is 0 Å². The number of likely N-dealkylation sites (N-methyl/N-ethyl adjacent to an activating group) is 1. The summed E-state index contributed by atoms with van der Waals surface area (Å²) in [6.45, 7) is -9.38. The Labute approximate surface area is 309 Å². The molecule has 0 bridgehead atoms. The summed E-state index contributed by atoms with van der Waals surface area (Å²) >= 11 is 0. The molecule has 0 aromatic rings. The highest BCUT2D eigenvalue weighted by molar-refractivity contribution is 7.45. The molecule has 0 heterocycles. The number of aliphatic hydroxyl groups is 1. The minimum atomic E-state index is -5.29. The molecule has 48 heavy (non-hydrogen) atoms. The van der Waals surface area contributed by atoms with Gasteiger partial charge in [0, 0.05) is 6.42 Å². The molecule has 1 unspecified atom stereocenters. The zero-order valence-corrected chi connectivity index (χ0v) is 31.3. The maximum atomic E-state index is 12.9. The van der Waals surface area contributed by atoms with Crippen LogP contribution < -0.4 is 10.2 Å². The Hall–Kier alpha value is -1.02. The molecule has 0 aliphatic carbocycles. The van der Waals surface area contributed by atoms with Gasteiger partial charge in [-0.25, -0.2) is 0 Å². The van der Waals surface area contributed by atoms with Gasteiger partial charge in [-0.1, -0.05) is 141 Å². The van der Waals surface area contributed by atoms with Crippen molar-refractivity contribution >= 4 is 13.7 Å². The average Bonchev–Trinajstić information content (AvgIpc) is 3.10. The average molecular weight is 710 g/mol. The van der Waals surface area contributed by atoms with Gasteiger partial charge in [0.2, 0.25) is 5.91 Å². The first kappa shape index (κ1) is 32.9. The number of unbranched alkanes of at least 4 members (excludes halogenated alkanes) is 20. The van der Waals surface area contributed by atoms with Gasteiger partial charge in [0.25, 0.3) is 7.82 Å². The summed E-state index contributed by atoms with van der Waals surface area (Å²) in [6, 6.07) is -1.19. The van der Waals surface area contributed by atoms with Crippen LogP contribution in [0.1, 0.15) is 180 Å². The SMILES string of the molecule is [2H]C([2H])([2H])[N+](CCOP(=O)([O-])OC[C@H](NC(=O)CCCCCCC/C=C/CCCCCC)[C@H](O)/C=C/CCCCCCCCCCCCC)(C([2H])([2H])[2H])C([2H])([2H])[2H]. The number of carbonyl (C=O) groups is 1. The zero-order valence-electron chi connectivity index (χ0n) is 39.4. The Morgan fingerprint density at radius 3 is 1.73 bits per heavy atom. The van der Waals surface area contributed by atoms with Crippen molar-refractivity contribution in [2.75, 3.05) is 40.7 Å². The quantitative estimate of drug-likeness (QED) is 0.0294. The number of phosphoric acid groups is 1. The standard InChI is InChI=1S/C39H77N2O6P/c1-6-8-10-12-14-16-18-20-22-24-26-28-30-32-38(42)37(36-47-48(44,45)46-35-34-41(3,4)5)40-39(43)33-31-29-27-25-23-21-19-17-15-13-11-9-7-2/h17,19,30,32,37-38,42H,6-16,18,20-29,31,33-36H2,1-5H3,(H-,40,43,44,45)/b19-17+,32-30+/t37-,38+/m0/s1/i3D3,4D3,5D3. The van der Waals surface area contributed by atoms with Crippen LogP contribution >= 0.6 is 7.82 Å². The van der Waals surface area contributed by atoms with Gasteiger partial charge >= 0.3 is 0 Å². The van der Waals surface area contributed by atoms with Crippen molar-refractivity contribution in [3.8, 4) is 0 Å². The number of rotatable bonds is 35. The van der Waals surface area contributed by atoms with Crippen molar-refractivity contribution in [3.05, 3.63) is 24.3 Å². The largest absolute Gasteiger partial charge is 0.756 e. The van der Waals surface area contributed by atoms with E-state index in [9.17, 15) is 19.4 Å². The van der Waals surface area contributed by atoms with Gasteiger partial charge in [0.05, 0.1) is 52.0 Å². The number of carbonyl (C=O) groups excluding carboxylic acids is 1. The van der Waals surface area contributed by atoms with Crippen LogP contribution in [0.4, 0.5) is 0 Å². The highest BCUT2D eigenvalue weighted by atomic mass is 31.2. The van der Waals surface area contributed by atoms with E-state index in [1.54, 1.807) is 6.08 Å². The molecule has 0 spiro atoms. The molecule has 0 saturated carbocycles. The summed E-state index contributed by atoms with van der Waals surface area (Å²) in [5, 5.41) is 13.6. The molecular formula is C39H77N2O6P. The van der Waals surface area contributed by atoms with Gasteiger partial charge in [-0.2, -0.15) is 0 Å². The van der Waals surface area contributed by atoms with E-state index < -0.39 is 71.0 Å². The number of nitrogens with one attached hydrogen (secondary N) is 1. The maximum absolute atomic E-state index is 12.9. The molecule has 2 N–H and O–H groups in total. The number of allylic oxidation sites excluding steroid dienone is 3. The number of nitrogens with zero attached hydrogens (tertiary/aromatic N) is 1. The van der Waals surface area contributed by atoms with E-state index in [1.165, 1.54) is 83.1 Å². The first-order chi connectivity index (χ1) is 26.8. The summed E-state index contributed by atoms with van der Waals surface area (Å²) in [5.41, 5.74) is 0. The van der Waals surface area contributed by atoms with Crippen LogP contribution in [0.5, 0.6) is 0 Å². The smallest absolute Gasteiger partial charge is 0.268 e. The predicted molar refractivity (Wildman–Crippen MR) is 201 cm³/mol. The van der Waals surface area contributed by atoms with Crippen molar-refractivity contribution in [1.82, 2.24) is 5.32 Å². The monoisotopic (exact) mass is 710 g/mol. The molecule has 284 valence electrons. The fourth-order valence-electron chi connectivity index (χ4n) is 5.30. The molecule has 0 saturated heterocycles. The lowest BCUT2D eigenvalue weighted by Crippen LogP contribution is -2.45. The van der Waals surface area contributed by atoms with E-state index in [0.717, 1.165) is 57.8 Å². The lowest BCUT2D eigenvalue weighted by molar-refractivity contribution is -0.870. The lowest BCUT2D eigenvalue weighted by Gasteiger charge is -2.29. The second kappa shape index (κ2) is 31.9. The Morgan fingerprint density at radius 1 is 0.750 bits per heavy atom. The second-order valence-electron chi connectivity index (χ2n) is 13.2. The van der Waals surface area contributed by atoms with Crippen molar-refractivity contribution in [2.45, 2.75) is 180 Å². The highest BCUT2D eigenvalue weighted by Crippen LogP contribution is 2.38. The fraction of sp³-hybridized carbons (Fsp3) is 0.872. The van der Waals surface area contributed by atoms with E-state index in [4.69, 9.17) is 21.4 Å². The summed E-state index contributed by atoms with van der Waals surface area (Å²) in [4.78, 5) is 25.6. The molecule has 1 amide bonds. The molecule has 0 rings (SSSR count). The van der Waals surface area contributed by atoms with Gasteiger partial charge in [-0.3, -0.25) is 9.36 Å². The van der Waals surface area contributed by atoms with E-state index >= 15 is 0 Å². The topological polar surface area (TPSA) is 108 Å². The molecule has 8 nitrogen and oxygen atoms in total. The van der Waals surface area contributed by atoms with Gasteiger partial charge in [0.15, 0.2) is 0 Å². The van der Waals surface area contributed by atoms with Gasteiger partial charge in [0.1, 0.15) is 13.2 Å². The van der Waals surface area contributed by atoms with Gasteiger partial charge in [-0.05, 0) is 44.9 Å². The van der Waals surface area contributed by atoms with Crippen molar-refractivity contribution in [3.63, 3.8) is 0 Å². The number of hydrogen-bond acceptors (Lipinski definition) is 6. The summed E-state index contributed by atoms with van der Waals surface area (Å²) in [5.74, 6) is -0.399. The minimum absolute atomic E-state index is 0.161. The van der Waals surface area contributed by atoms with Crippen LogP contribution in [0.15, 0.2) is 24.3 Å². The number of quaternary nitrogens is 1. The number of amides is 1. The Bertz CT molecular complexity index is 1100. The van der Waals surface area contributed by atoms with Crippen LogP contribution in [-0.2, 0) is 18.4 Å². The molecule has 3 atom stereocenters. The third-order valence-electron chi connectivity index (χ3n) is 8.32. The summed E-state index contributed by atoms with van der Waals surface area (Å²) in [7, 11) is -5.29. The Morgan fingerprint density at radius 2 is 1.21 bits per heavy atom. The third-order valence-corrected chi connectivity index (χ3v) is 9.28. The molecule has 0 radical (unpaired) electrons. The fourth-order valence-corrected chi connectivity index (χ4v) is 6.02. The third kappa shape index (κ3) is 33.5. The molecule has 0 aliphatic rings. The Balaban J connectivity index is 5.17.